The van der Waals surface area contributed by atoms with Crippen LogP contribution in [0.2, 0.25) is 0 Å². The molecule has 3 aromatic heterocycles. The highest BCUT2D eigenvalue weighted by atomic mass is 19.4. The molecule has 1 aromatic carbocycles. The van der Waals surface area contributed by atoms with Gasteiger partial charge in [-0.2, -0.15) is 18.2 Å². The van der Waals surface area contributed by atoms with Gasteiger partial charge in [-0.15, -0.1) is 0 Å². The van der Waals surface area contributed by atoms with Crippen molar-refractivity contribution in [2.45, 2.75) is 31.0 Å². The number of alkyl halides is 3. The molecule has 14 heteroatoms. The molecule has 0 radical (unpaired) electrons. The monoisotopic (exact) mass is 610 g/mol. The molecule has 1 aliphatic rings. The Hall–Kier alpha value is -5.32. The highest BCUT2D eigenvalue weighted by Gasteiger charge is 2.38. The molecule has 4 aromatic rings. The summed E-state index contributed by atoms with van der Waals surface area (Å²) in [5.74, 6) is 0.896. The SMILES string of the molecule is CNC(=O)c1c(-c2ccc(F)cc2)oc2nc(NCC(F)(F)F)c(-c3cnc(OC)c(C(=O)NC4(C#CN)CCC4)c3)cc12. The van der Waals surface area contributed by atoms with Crippen molar-refractivity contribution in [2.75, 3.05) is 26.0 Å². The van der Waals surface area contributed by atoms with Crippen molar-refractivity contribution in [2.24, 2.45) is 5.73 Å². The van der Waals surface area contributed by atoms with E-state index in [2.05, 4.69) is 37.9 Å². The van der Waals surface area contributed by atoms with Gasteiger partial charge in [0.25, 0.3) is 11.8 Å². The van der Waals surface area contributed by atoms with Crippen LogP contribution < -0.4 is 26.4 Å². The summed E-state index contributed by atoms with van der Waals surface area (Å²) in [7, 11) is 2.71. The van der Waals surface area contributed by atoms with Gasteiger partial charge in [0, 0.05) is 36.0 Å². The first-order valence-electron chi connectivity index (χ1n) is 13.3. The van der Waals surface area contributed by atoms with E-state index in [9.17, 15) is 27.2 Å². The molecule has 1 aliphatic carbocycles. The summed E-state index contributed by atoms with van der Waals surface area (Å²) in [6.45, 7) is -1.44. The fourth-order valence-corrected chi connectivity index (χ4v) is 4.88. The molecule has 0 unspecified atom stereocenters. The average molecular weight is 611 g/mol. The lowest BCUT2D eigenvalue weighted by Crippen LogP contribution is -2.52. The van der Waals surface area contributed by atoms with E-state index in [4.69, 9.17) is 14.9 Å². The summed E-state index contributed by atoms with van der Waals surface area (Å²) in [5, 5.41) is 7.81. The molecule has 5 rings (SSSR count). The molecular formula is C30H26F4N6O4. The van der Waals surface area contributed by atoms with Crippen molar-refractivity contribution < 1.29 is 36.3 Å². The van der Waals surface area contributed by atoms with Crippen molar-refractivity contribution in [3.63, 3.8) is 0 Å². The first-order valence-corrected chi connectivity index (χ1v) is 13.3. The lowest BCUT2D eigenvalue weighted by Gasteiger charge is -2.37. The van der Waals surface area contributed by atoms with E-state index in [1.54, 1.807) is 0 Å². The Morgan fingerprint density at radius 3 is 2.45 bits per heavy atom. The maximum Gasteiger partial charge on any atom is 0.405 e. The Morgan fingerprint density at radius 2 is 1.86 bits per heavy atom. The number of pyridine rings is 2. The summed E-state index contributed by atoms with van der Waals surface area (Å²) < 4.78 is 64.7. The van der Waals surface area contributed by atoms with Crippen molar-refractivity contribution in [3.8, 4) is 40.3 Å². The Morgan fingerprint density at radius 1 is 1.14 bits per heavy atom. The van der Waals surface area contributed by atoms with E-state index in [1.807, 2.05) is 0 Å². The van der Waals surface area contributed by atoms with Gasteiger partial charge in [0.1, 0.15) is 35.0 Å². The Bertz CT molecular complexity index is 1800. The largest absolute Gasteiger partial charge is 0.480 e. The van der Waals surface area contributed by atoms with E-state index in [1.165, 1.54) is 56.8 Å². The zero-order valence-corrected chi connectivity index (χ0v) is 23.5. The number of carbonyl (C=O) groups excluding carboxylic acids is 2. The standard InChI is InChI=1S/C30H26F4N6O4/c1-36-26(42)22-20-13-19(17-12-21(27(43-2)37-14-17)25(41)40-29(10-11-35)8-3-9-29)24(38-15-30(32,33)34)39-28(20)44-23(22)16-4-6-18(31)7-5-16/h4-7,12-14H,3,8-9,15,35H2,1-2H3,(H,36,42)(H,38,39)(H,40,41). The molecule has 228 valence electrons. The number of benzene rings is 1. The first kappa shape index (κ1) is 30.1. The van der Waals surface area contributed by atoms with Gasteiger partial charge in [0.05, 0.1) is 18.1 Å². The smallest absolute Gasteiger partial charge is 0.405 e. The molecule has 0 spiro atoms. The number of carbonyl (C=O) groups is 2. The number of anilines is 1. The van der Waals surface area contributed by atoms with Crippen LogP contribution in [0.5, 0.6) is 5.88 Å². The number of aromatic nitrogens is 2. The Balaban J connectivity index is 1.69. The fourth-order valence-electron chi connectivity index (χ4n) is 4.88. The van der Waals surface area contributed by atoms with Crippen molar-refractivity contribution in [1.29, 1.82) is 0 Å². The predicted octanol–water partition coefficient (Wildman–Crippen LogP) is 4.61. The number of methoxy groups -OCH3 is 1. The third-order valence-corrected chi connectivity index (χ3v) is 7.17. The number of hydrogen-bond acceptors (Lipinski definition) is 8. The Kier molecular flexibility index (Phi) is 8.05. The van der Waals surface area contributed by atoms with Crippen LogP contribution >= 0.6 is 0 Å². The summed E-state index contributed by atoms with van der Waals surface area (Å²) in [5.41, 5.74) is 5.07. The minimum atomic E-state index is -4.60. The number of fused-ring (bicyclic) bond motifs is 1. The topological polar surface area (TPSA) is 144 Å². The van der Waals surface area contributed by atoms with Crippen LogP contribution in [-0.4, -0.2) is 54.2 Å². The van der Waals surface area contributed by atoms with Crippen LogP contribution in [0.15, 0.2) is 47.0 Å². The maximum absolute atomic E-state index is 13.6. The van der Waals surface area contributed by atoms with Crippen LogP contribution in [0.3, 0.4) is 0 Å². The van der Waals surface area contributed by atoms with E-state index in [0.717, 1.165) is 6.42 Å². The number of nitrogens with zero attached hydrogens (tertiary/aromatic N) is 2. The van der Waals surface area contributed by atoms with Crippen LogP contribution in [0.25, 0.3) is 33.6 Å². The molecule has 1 fully saturated rings. The van der Waals surface area contributed by atoms with E-state index < -0.39 is 35.9 Å². The molecule has 0 atom stereocenters. The number of amides is 2. The first-order chi connectivity index (χ1) is 21.0. The van der Waals surface area contributed by atoms with Gasteiger partial charge in [-0.25, -0.2) is 9.37 Å². The number of nitrogens with two attached hydrogens (primary N) is 1. The zero-order valence-electron chi connectivity index (χ0n) is 23.5. The Labute approximate surface area is 248 Å². The van der Waals surface area contributed by atoms with Gasteiger partial charge >= 0.3 is 6.18 Å². The summed E-state index contributed by atoms with van der Waals surface area (Å²) in [6, 6.07) is 10.3. The molecule has 3 heterocycles. The van der Waals surface area contributed by atoms with Crippen LogP contribution in [0, 0.1) is 17.8 Å². The van der Waals surface area contributed by atoms with Crippen LogP contribution in [0.1, 0.15) is 40.0 Å². The lowest BCUT2D eigenvalue weighted by molar-refractivity contribution is -0.115. The van der Waals surface area contributed by atoms with Gasteiger partial charge in [-0.3, -0.25) is 9.59 Å². The fraction of sp³-hybridized carbons (Fsp3) is 0.267. The van der Waals surface area contributed by atoms with Gasteiger partial charge in [0.2, 0.25) is 11.6 Å². The molecular weight excluding hydrogens is 584 g/mol. The second kappa shape index (κ2) is 11.8. The lowest BCUT2D eigenvalue weighted by atomic mass is 9.77. The minimum Gasteiger partial charge on any atom is -0.480 e. The van der Waals surface area contributed by atoms with Crippen molar-refractivity contribution in [3.05, 3.63) is 59.5 Å². The van der Waals surface area contributed by atoms with E-state index >= 15 is 0 Å². The zero-order chi connectivity index (χ0) is 31.6. The van der Waals surface area contributed by atoms with Crippen LogP contribution in [-0.2, 0) is 0 Å². The van der Waals surface area contributed by atoms with Gasteiger partial charge < -0.3 is 30.8 Å². The third kappa shape index (κ3) is 5.94. The molecule has 5 N–H and O–H groups in total. The van der Waals surface area contributed by atoms with Crippen molar-refractivity contribution >= 4 is 28.7 Å². The predicted molar refractivity (Wildman–Crippen MR) is 153 cm³/mol. The van der Waals surface area contributed by atoms with Gasteiger partial charge in [-0.1, -0.05) is 5.92 Å². The summed E-state index contributed by atoms with van der Waals surface area (Å²) in [4.78, 5) is 35.0. The number of furan rings is 1. The summed E-state index contributed by atoms with van der Waals surface area (Å²) in [6.07, 6.45) is -1.29. The van der Waals surface area contributed by atoms with E-state index in [-0.39, 0.29) is 50.8 Å². The van der Waals surface area contributed by atoms with Crippen molar-refractivity contribution in [1.82, 2.24) is 20.6 Å². The second-order valence-corrected chi connectivity index (χ2v) is 10.0. The van der Waals surface area contributed by atoms with Crippen LogP contribution in [0.4, 0.5) is 23.4 Å². The number of hydrogen-bond donors (Lipinski definition) is 4. The molecule has 1 saturated carbocycles. The highest BCUT2D eigenvalue weighted by Crippen LogP contribution is 2.39. The third-order valence-electron chi connectivity index (χ3n) is 7.17. The number of ether oxygens (including phenoxy) is 1. The quantitative estimate of drug-likeness (QED) is 0.129. The maximum atomic E-state index is 13.6. The molecule has 0 aliphatic heterocycles. The average Bonchev–Trinajstić information content (AvgIpc) is 3.36. The molecule has 2 amide bonds. The summed E-state index contributed by atoms with van der Waals surface area (Å²) >= 11 is 0. The van der Waals surface area contributed by atoms with Gasteiger partial charge in [-0.05, 0) is 55.7 Å². The molecule has 10 nitrogen and oxygen atoms in total. The number of nitrogens with one attached hydrogen (secondary N) is 3. The van der Waals surface area contributed by atoms with E-state index in [0.29, 0.717) is 18.4 Å². The second-order valence-electron chi connectivity index (χ2n) is 10.0. The number of halogens is 4. The van der Waals surface area contributed by atoms with Gasteiger partial charge in [0.15, 0.2) is 0 Å². The minimum absolute atomic E-state index is 0.0114. The molecule has 44 heavy (non-hydrogen) atoms. The molecule has 0 bridgehead atoms. The highest BCUT2D eigenvalue weighted by molar-refractivity contribution is 6.11. The molecule has 0 saturated heterocycles. The number of rotatable bonds is 8. The normalized spacial score (nSPS) is 13.8.